The van der Waals surface area contributed by atoms with Crippen LogP contribution in [0, 0.1) is 0 Å². The molecule has 27 heavy (non-hydrogen) atoms. The number of urea groups is 1. The van der Waals surface area contributed by atoms with Crippen molar-refractivity contribution in [2.24, 2.45) is 0 Å². The smallest absolute Gasteiger partial charge is 0.315 e. The van der Waals surface area contributed by atoms with Crippen molar-refractivity contribution in [3.63, 3.8) is 0 Å². The third kappa shape index (κ3) is 5.54. The molecule has 0 unspecified atom stereocenters. The highest BCUT2D eigenvalue weighted by atomic mass is 16.5. The van der Waals surface area contributed by atoms with E-state index < -0.39 is 0 Å². The third-order valence-electron chi connectivity index (χ3n) is 4.08. The van der Waals surface area contributed by atoms with Gasteiger partial charge in [0, 0.05) is 12.1 Å². The lowest BCUT2D eigenvalue weighted by atomic mass is 10.1. The minimum Gasteiger partial charge on any atom is -0.497 e. The zero-order valence-electron chi connectivity index (χ0n) is 15.2. The number of benzene rings is 2. The fourth-order valence-electron chi connectivity index (χ4n) is 2.61. The Bertz CT molecular complexity index is 867. The van der Waals surface area contributed by atoms with Crippen LogP contribution in [0.5, 0.6) is 5.75 Å². The minimum atomic E-state index is -0.212. The fourth-order valence-corrected chi connectivity index (χ4v) is 2.61. The molecule has 0 radical (unpaired) electrons. The second kappa shape index (κ2) is 9.33. The third-order valence-corrected chi connectivity index (χ3v) is 4.08. The van der Waals surface area contributed by atoms with Crippen molar-refractivity contribution in [2.75, 3.05) is 13.7 Å². The average molecular weight is 362 g/mol. The summed E-state index contributed by atoms with van der Waals surface area (Å²) in [7, 11) is 1.63. The number of nitrogens with zero attached hydrogens (tertiary/aromatic N) is 2. The summed E-state index contributed by atoms with van der Waals surface area (Å²) in [4.78, 5) is 20.5. The molecule has 0 spiro atoms. The Hall–Kier alpha value is -3.41. The van der Waals surface area contributed by atoms with Crippen LogP contribution in [0.2, 0.25) is 0 Å². The maximum atomic E-state index is 12.0. The molecule has 0 atom stereocenters. The first kappa shape index (κ1) is 18.4. The van der Waals surface area contributed by atoms with Crippen molar-refractivity contribution in [1.82, 2.24) is 20.6 Å². The van der Waals surface area contributed by atoms with E-state index in [9.17, 15) is 4.79 Å². The Morgan fingerprint density at radius 1 is 1.00 bits per heavy atom. The average Bonchev–Trinajstić information content (AvgIpc) is 2.73. The highest BCUT2D eigenvalue weighted by molar-refractivity contribution is 5.73. The Morgan fingerprint density at radius 3 is 2.52 bits per heavy atom. The fraction of sp³-hybridized carbons (Fsp3) is 0.190. The summed E-state index contributed by atoms with van der Waals surface area (Å²) < 4.78 is 5.17. The van der Waals surface area contributed by atoms with Gasteiger partial charge in [-0.25, -0.2) is 14.8 Å². The largest absolute Gasteiger partial charge is 0.497 e. The molecule has 0 aliphatic heterocycles. The number of nitrogens with one attached hydrogen (secondary N) is 2. The summed E-state index contributed by atoms with van der Waals surface area (Å²) >= 11 is 0. The Kier molecular flexibility index (Phi) is 6.35. The van der Waals surface area contributed by atoms with Crippen LogP contribution in [0.3, 0.4) is 0 Å². The van der Waals surface area contributed by atoms with Gasteiger partial charge in [-0.2, -0.15) is 0 Å². The molecule has 0 bridgehead atoms. The Labute approximate surface area is 158 Å². The van der Waals surface area contributed by atoms with Crippen molar-refractivity contribution >= 4 is 6.03 Å². The van der Waals surface area contributed by atoms with Gasteiger partial charge in [-0.1, -0.05) is 30.3 Å². The quantitative estimate of drug-likeness (QED) is 0.677. The molecular formula is C21H22N4O2. The zero-order chi connectivity index (χ0) is 18.9. The molecular weight excluding hydrogens is 340 g/mol. The van der Waals surface area contributed by atoms with Crippen LogP contribution < -0.4 is 15.4 Å². The van der Waals surface area contributed by atoms with Gasteiger partial charge in [0.05, 0.1) is 25.0 Å². The predicted molar refractivity (Wildman–Crippen MR) is 104 cm³/mol. The van der Waals surface area contributed by atoms with E-state index in [-0.39, 0.29) is 6.03 Å². The van der Waals surface area contributed by atoms with Crippen molar-refractivity contribution in [2.45, 2.75) is 13.0 Å². The number of carbonyl (C=O) groups excluding carboxylic acids is 1. The number of methoxy groups -OCH3 is 1. The van der Waals surface area contributed by atoms with Crippen LogP contribution in [0.1, 0.15) is 11.3 Å². The number of hydrogen-bond donors (Lipinski definition) is 2. The van der Waals surface area contributed by atoms with Gasteiger partial charge in [-0.05, 0) is 42.3 Å². The lowest BCUT2D eigenvalue weighted by Crippen LogP contribution is -2.36. The van der Waals surface area contributed by atoms with Gasteiger partial charge >= 0.3 is 6.03 Å². The molecule has 3 aromatic rings. The zero-order valence-corrected chi connectivity index (χ0v) is 15.2. The first-order chi connectivity index (χ1) is 13.2. The SMILES string of the molecule is COc1ccc(-c2cc(CNC(=O)NCCc3ccccc3)ncn2)cc1. The molecule has 3 rings (SSSR count). The minimum absolute atomic E-state index is 0.212. The van der Waals surface area contributed by atoms with Crippen LogP contribution in [-0.2, 0) is 13.0 Å². The standard InChI is InChI=1S/C21H22N4O2/c1-27-19-9-7-17(8-10-19)20-13-18(24-15-25-20)14-23-21(26)22-12-11-16-5-3-2-4-6-16/h2-10,13,15H,11-12,14H2,1H3,(H2,22,23,26). The summed E-state index contributed by atoms with van der Waals surface area (Å²) in [6, 6.07) is 19.3. The molecule has 2 aromatic carbocycles. The molecule has 0 aliphatic rings. The molecule has 1 heterocycles. The number of rotatable bonds is 7. The number of aromatic nitrogens is 2. The summed E-state index contributed by atoms with van der Waals surface area (Å²) in [6.07, 6.45) is 2.30. The van der Waals surface area contributed by atoms with Crippen molar-refractivity contribution in [1.29, 1.82) is 0 Å². The number of amides is 2. The number of ether oxygens (including phenoxy) is 1. The van der Waals surface area contributed by atoms with Gasteiger partial charge in [-0.3, -0.25) is 0 Å². The van der Waals surface area contributed by atoms with Crippen molar-refractivity contribution < 1.29 is 9.53 Å². The van der Waals surface area contributed by atoms with E-state index in [1.165, 1.54) is 11.9 Å². The van der Waals surface area contributed by atoms with Gasteiger partial charge in [0.1, 0.15) is 12.1 Å². The van der Waals surface area contributed by atoms with E-state index in [2.05, 4.69) is 20.6 Å². The summed E-state index contributed by atoms with van der Waals surface area (Å²) in [6.45, 7) is 0.916. The first-order valence-corrected chi connectivity index (χ1v) is 8.75. The van der Waals surface area contributed by atoms with Gasteiger partial charge in [0.25, 0.3) is 0 Å². The maximum Gasteiger partial charge on any atom is 0.315 e. The van der Waals surface area contributed by atoms with E-state index in [0.717, 1.165) is 29.1 Å². The van der Waals surface area contributed by atoms with Gasteiger partial charge in [0.15, 0.2) is 0 Å². The van der Waals surface area contributed by atoms with E-state index in [4.69, 9.17) is 4.74 Å². The molecule has 6 nitrogen and oxygen atoms in total. The summed E-state index contributed by atoms with van der Waals surface area (Å²) in [5.41, 5.74) is 3.70. The molecule has 6 heteroatoms. The Morgan fingerprint density at radius 2 is 1.78 bits per heavy atom. The highest BCUT2D eigenvalue weighted by Gasteiger charge is 2.05. The lowest BCUT2D eigenvalue weighted by Gasteiger charge is -2.08. The maximum absolute atomic E-state index is 12.0. The molecule has 2 N–H and O–H groups in total. The lowest BCUT2D eigenvalue weighted by molar-refractivity contribution is 0.240. The van der Waals surface area contributed by atoms with Crippen molar-refractivity contribution in [3.8, 4) is 17.0 Å². The van der Waals surface area contributed by atoms with Gasteiger partial charge in [-0.15, -0.1) is 0 Å². The second-order valence-corrected chi connectivity index (χ2v) is 5.97. The van der Waals surface area contributed by atoms with Crippen LogP contribution in [0.4, 0.5) is 4.79 Å². The highest BCUT2D eigenvalue weighted by Crippen LogP contribution is 2.20. The molecule has 138 valence electrons. The van der Waals surface area contributed by atoms with E-state index in [0.29, 0.717) is 13.1 Å². The molecule has 1 aromatic heterocycles. The number of carbonyl (C=O) groups is 1. The van der Waals surface area contributed by atoms with Gasteiger partial charge < -0.3 is 15.4 Å². The van der Waals surface area contributed by atoms with E-state index in [1.807, 2.05) is 60.7 Å². The monoisotopic (exact) mass is 362 g/mol. The van der Waals surface area contributed by atoms with Crippen LogP contribution >= 0.6 is 0 Å². The molecule has 2 amide bonds. The topological polar surface area (TPSA) is 76.1 Å². The van der Waals surface area contributed by atoms with E-state index >= 15 is 0 Å². The van der Waals surface area contributed by atoms with Crippen LogP contribution in [0.25, 0.3) is 11.3 Å². The predicted octanol–water partition coefficient (Wildman–Crippen LogP) is 3.19. The Balaban J connectivity index is 1.49. The molecule has 0 aliphatic carbocycles. The van der Waals surface area contributed by atoms with Crippen molar-refractivity contribution in [3.05, 3.63) is 78.2 Å². The molecule has 0 fully saturated rings. The molecule has 0 saturated carbocycles. The first-order valence-electron chi connectivity index (χ1n) is 8.75. The van der Waals surface area contributed by atoms with Crippen LogP contribution in [-0.4, -0.2) is 29.7 Å². The van der Waals surface area contributed by atoms with Gasteiger partial charge in [0.2, 0.25) is 0 Å². The summed E-state index contributed by atoms with van der Waals surface area (Å²) in [5, 5.41) is 5.67. The van der Waals surface area contributed by atoms with E-state index in [1.54, 1.807) is 7.11 Å². The number of hydrogen-bond acceptors (Lipinski definition) is 4. The normalized spacial score (nSPS) is 10.3. The molecule has 0 saturated heterocycles. The second-order valence-electron chi connectivity index (χ2n) is 5.97. The summed E-state index contributed by atoms with van der Waals surface area (Å²) in [5.74, 6) is 0.793. The van der Waals surface area contributed by atoms with Crippen LogP contribution in [0.15, 0.2) is 67.0 Å².